The molecule has 3 N–H and O–H groups in total. The molecule has 1 aromatic carbocycles. The number of nitrogens with zero attached hydrogens (tertiary/aromatic N) is 1. The van der Waals surface area contributed by atoms with Crippen molar-refractivity contribution < 1.29 is 4.79 Å². The molecule has 0 aliphatic heterocycles. The molecule has 0 saturated carbocycles. The first-order valence-electron chi connectivity index (χ1n) is 6.78. The molecule has 21 heavy (non-hydrogen) atoms. The third kappa shape index (κ3) is 3.38. The monoisotopic (exact) mass is 285 g/mol. The van der Waals surface area contributed by atoms with Crippen LogP contribution in [0, 0.1) is 13.8 Å². The summed E-state index contributed by atoms with van der Waals surface area (Å²) in [5.41, 5.74) is 8.29. The van der Waals surface area contributed by atoms with Crippen LogP contribution < -0.4 is 16.6 Å². The first kappa shape index (κ1) is 15.0. The average molecular weight is 285 g/mol. The number of carbonyl (C=O) groups is 1. The van der Waals surface area contributed by atoms with Gasteiger partial charge in [-0.2, -0.15) is 0 Å². The molecule has 5 nitrogen and oxygen atoms in total. The second-order valence-corrected chi connectivity index (χ2v) is 4.96. The van der Waals surface area contributed by atoms with Gasteiger partial charge in [0, 0.05) is 23.5 Å². The number of hydrogen-bond donors (Lipinski definition) is 2. The van der Waals surface area contributed by atoms with E-state index in [4.69, 9.17) is 5.73 Å². The van der Waals surface area contributed by atoms with Crippen LogP contribution in [0.25, 0.3) is 0 Å². The molecule has 0 unspecified atom stereocenters. The molecule has 0 spiro atoms. The van der Waals surface area contributed by atoms with Gasteiger partial charge in [0.1, 0.15) is 6.54 Å². The summed E-state index contributed by atoms with van der Waals surface area (Å²) in [6, 6.07) is 11.0. The van der Waals surface area contributed by atoms with E-state index in [2.05, 4.69) is 5.32 Å². The standard InChI is InChI=1S/C16H19N3O2/c1-11-5-3-4-6-14(11)18-15(20)10-19-12(2)7-8-13(9-17)16(19)21/h3-8H,9-10,17H2,1-2H3,(H,18,20). The number of amides is 1. The molecule has 1 amide bonds. The highest BCUT2D eigenvalue weighted by atomic mass is 16.2. The summed E-state index contributed by atoms with van der Waals surface area (Å²) >= 11 is 0. The fourth-order valence-corrected chi connectivity index (χ4v) is 2.11. The maximum Gasteiger partial charge on any atom is 0.255 e. The van der Waals surface area contributed by atoms with Crippen molar-refractivity contribution in [3.63, 3.8) is 0 Å². The molecule has 0 fully saturated rings. The van der Waals surface area contributed by atoms with Crippen molar-refractivity contribution in [3.8, 4) is 0 Å². The van der Waals surface area contributed by atoms with Crippen LogP contribution in [0.4, 0.5) is 5.69 Å². The highest BCUT2D eigenvalue weighted by molar-refractivity contribution is 5.91. The second-order valence-electron chi connectivity index (χ2n) is 4.96. The number of nitrogens with two attached hydrogens (primary N) is 1. The van der Waals surface area contributed by atoms with Crippen LogP contribution in [0.15, 0.2) is 41.2 Å². The van der Waals surface area contributed by atoms with Gasteiger partial charge in [0.2, 0.25) is 5.91 Å². The quantitative estimate of drug-likeness (QED) is 0.895. The van der Waals surface area contributed by atoms with Gasteiger partial charge in [-0.3, -0.25) is 9.59 Å². The summed E-state index contributed by atoms with van der Waals surface area (Å²) in [6.07, 6.45) is 0. The van der Waals surface area contributed by atoms with Gasteiger partial charge < -0.3 is 15.6 Å². The molecule has 0 aliphatic rings. The predicted molar refractivity (Wildman–Crippen MR) is 83.1 cm³/mol. The van der Waals surface area contributed by atoms with Crippen molar-refractivity contribution in [2.75, 3.05) is 5.32 Å². The highest BCUT2D eigenvalue weighted by Crippen LogP contribution is 2.13. The summed E-state index contributed by atoms with van der Waals surface area (Å²) in [7, 11) is 0. The number of para-hydroxylation sites is 1. The third-order valence-corrected chi connectivity index (χ3v) is 3.41. The van der Waals surface area contributed by atoms with Crippen LogP contribution in [-0.4, -0.2) is 10.5 Å². The van der Waals surface area contributed by atoms with E-state index in [1.807, 2.05) is 31.2 Å². The number of anilines is 1. The van der Waals surface area contributed by atoms with Crippen molar-refractivity contribution in [1.29, 1.82) is 0 Å². The molecule has 2 rings (SSSR count). The minimum Gasteiger partial charge on any atom is -0.326 e. The largest absolute Gasteiger partial charge is 0.326 e. The Balaban J connectivity index is 2.21. The van der Waals surface area contributed by atoms with E-state index >= 15 is 0 Å². The molecule has 0 saturated heterocycles. The normalized spacial score (nSPS) is 10.4. The highest BCUT2D eigenvalue weighted by Gasteiger charge is 2.10. The zero-order valence-corrected chi connectivity index (χ0v) is 12.2. The Morgan fingerprint density at radius 1 is 1.19 bits per heavy atom. The van der Waals surface area contributed by atoms with E-state index in [1.165, 1.54) is 4.57 Å². The smallest absolute Gasteiger partial charge is 0.255 e. The summed E-state index contributed by atoms with van der Waals surface area (Å²) in [6.45, 7) is 3.86. The third-order valence-electron chi connectivity index (χ3n) is 3.41. The minimum absolute atomic E-state index is 0.0210. The van der Waals surface area contributed by atoms with Crippen LogP contribution in [0.3, 0.4) is 0 Å². The molecular formula is C16H19N3O2. The Hall–Kier alpha value is -2.40. The van der Waals surface area contributed by atoms with Crippen molar-refractivity contribution in [3.05, 3.63) is 63.6 Å². The fraction of sp³-hybridized carbons (Fsp3) is 0.250. The van der Waals surface area contributed by atoms with E-state index in [1.54, 1.807) is 19.1 Å². The molecule has 5 heteroatoms. The van der Waals surface area contributed by atoms with E-state index in [-0.39, 0.29) is 24.6 Å². The van der Waals surface area contributed by atoms with Crippen LogP contribution in [0.1, 0.15) is 16.8 Å². The number of carbonyl (C=O) groups excluding carboxylic acids is 1. The fourth-order valence-electron chi connectivity index (χ4n) is 2.11. The van der Waals surface area contributed by atoms with Gasteiger partial charge in [-0.05, 0) is 31.5 Å². The van der Waals surface area contributed by atoms with E-state index in [0.717, 1.165) is 16.9 Å². The van der Waals surface area contributed by atoms with Crippen LogP contribution >= 0.6 is 0 Å². The lowest BCUT2D eigenvalue weighted by molar-refractivity contribution is -0.116. The number of hydrogen-bond acceptors (Lipinski definition) is 3. The van der Waals surface area contributed by atoms with E-state index in [0.29, 0.717) is 5.56 Å². The van der Waals surface area contributed by atoms with Gasteiger partial charge in [0.15, 0.2) is 0 Å². The number of nitrogens with one attached hydrogen (secondary N) is 1. The number of rotatable bonds is 4. The summed E-state index contributed by atoms with van der Waals surface area (Å²) in [5, 5.41) is 2.82. The SMILES string of the molecule is Cc1ccccc1NC(=O)Cn1c(C)ccc(CN)c1=O. The van der Waals surface area contributed by atoms with Crippen molar-refractivity contribution >= 4 is 11.6 Å². The Kier molecular flexibility index (Phi) is 4.55. The number of aryl methyl sites for hydroxylation is 2. The minimum atomic E-state index is -0.233. The summed E-state index contributed by atoms with van der Waals surface area (Å²) < 4.78 is 1.44. The molecule has 0 radical (unpaired) electrons. The van der Waals surface area contributed by atoms with Crippen LogP contribution in [0.2, 0.25) is 0 Å². The second kappa shape index (κ2) is 6.37. The van der Waals surface area contributed by atoms with Gasteiger partial charge in [-0.25, -0.2) is 0 Å². The lowest BCUT2D eigenvalue weighted by atomic mass is 10.2. The lowest BCUT2D eigenvalue weighted by Crippen LogP contribution is -2.31. The molecular weight excluding hydrogens is 266 g/mol. The molecule has 0 atom stereocenters. The van der Waals surface area contributed by atoms with Crippen LogP contribution in [0.5, 0.6) is 0 Å². The van der Waals surface area contributed by atoms with Gasteiger partial charge in [-0.15, -0.1) is 0 Å². The van der Waals surface area contributed by atoms with Crippen molar-refractivity contribution in [2.45, 2.75) is 26.9 Å². The maximum absolute atomic E-state index is 12.2. The molecule has 110 valence electrons. The van der Waals surface area contributed by atoms with E-state index in [9.17, 15) is 9.59 Å². The Morgan fingerprint density at radius 2 is 1.90 bits per heavy atom. The van der Waals surface area contributed by atoms with Gasteiger partial charge in [0.25, 0.3) is 5.56 Å². The van der Waals surface area contributed by atoms with E-state index < -0.39 is 0 Å². The van der Waals surface area contributed by atoms with Gasteiger partial charge in [-0.1, -0.05) is 24.3 Å². The zero-order valence-electron chi connectivity index (χ0n) is 12.2. The number of pyridine rings is 1. The first-order valence-corrected chi connectivity index (χ1v) is 6.78. The Morgan fingerprint density at radius 3 is 2.57 bits per heavy atom. The average Bonchev–Trinajstić information content (AvgIpc) is 2.46. The Bertz CT molecular complexity index is 720. The van der Waals surface area contributed by atoms with Gasteiger partial charge in [0.05, 0.1) is 0 Å². The predicted octanol–water partition coefficient (Wildman–Crippen LogP) is 1.56. The van der Waals surface area contributed by atoms with Crippen molar-refractivity contribution in [2.24, 2.45) is 5.73 Å². The molecule has 1 heterocycles. The first-order chi connectivity index (χ1) is 10.0. The zero-order chi connectivity index (χ0) is 15.4. The summed E-state index contributed by atoms with van der Waals surface area (Å²) in [4.78, 5) is 24.3. The number of aromatic nitrogens is 1. The molecule has 0 aliphatic carbocycles. The Labute approximate surface area is 123 Å². The van der Waals surface area contributed by atoms with Crippen molar-refractivity contribution in [1.82, 2.24) is 4.57 Å². The molecule has 0 bridgehead atoms. The van der Waals surface area contributed by atoms with Gasteiger partial charge >= 0.3 is 0 Å². The molecule has 2 aromatic rings. The molecule has 1 aromatic heterocycles. The number of benzene rings is 1. The summed E-state index contributed by atoms with van der Waals surface area (Å²) in [5.74, 6) is -0.233. The van der Waals surface area contributed by atoms with Crippen LogP contribution in [-0.2, 0) is 17.9 Å². The maximum atomic E-state index is 12.2. The lowest BCUT2D eigenvalue weighted by Gasteiger charge is -2.12. The topological polar surface area (TPSA) is 77.1 Å².